The summed E-state index contributed by atoms with van der Waals surface area (Å²) in [4.78, 5) is 14.7. The minimum atomic E-state index is -0.391. The number of nitrogens with one attached hydrogen (secondary N) is 1. The fourth-order valence-electron chi connectivity index (χ4n) is 2.71. The molecule has 0 bridgehead atoms. The molecular formula is C15H14N6O2. The lowest BCUT2D eigenvalue weighted by Gasteiger charge is -2.10. The number of benzene rings is 1. The minimum Gasteiger partial charge on any atom is -0.377 e. The number of anilines is 1. The summed E-state index contributed by atoms with van der Waals surface area (Å²) in [6.07, 6.45) is 7.23. The number of pyridine rings is 1. The van der Waals surface area contributed by atoms with Crippen molar-refractivity contribution in [2.24, 2.45) is 0 Å². The van der Waals surface area contributed by atoms with Crippen molar-refractivity contribution in [1.82, 2.24) is 19.7 Å². The Morgan fingerprint density at radius 3 is 2.96 bits per heavy atom. The van der Waals surface area contributed by atoms with Gasteiger partial charge in [0.1, 0.15) is 6.33 Å². The summed E-state index contributed by atoms with van der Waals surface area (Å²) < 4.78 is 2.09. The van der Waals surface area contributed by atoms with Crippen LogP contribution in [-0.2, 0) is 6.54 Å². The third kappa shape index (κ3) is 2.48. The molecule has 1 saturated carbocycles. The fraction of sp³-hybridized carbons (Fsp3) is 0.267. The molecule has 0 amide bonds. The zero-order valence-corrected chi connectivity index (χ0v) is 12.2. The number of aromatic nitrogens is 4. The summed E-state index contributed by atoms with van der Waals surface area (Å²) >= 11 is 0. The predicted octanol–water partition coefficient (Wildman–Crippen LogP) is 2.68. The number of rotatable bonds is 5. The van der Waals surface area contributed by atoms with E-state index < -0.39 is 4.92 Å². The van der Waals surface area contributed by atoms with Crippen molar-refractivity contribution in [2.75, 3.05) is 5.32 Å². The van der Waals surface area contributed by atoms with Crippen LogP contribution in [0.25, 0.3) is 10.8 Å². The Labute approximate surface area is 131 Å². The van der Waals surface area contributed by atoms with Gasteiger partial charge in [0, 0.05) is 35.6 Å². The molecule has 1 fully saturated rings. The molecule has 1 aliphatic rings. The molecule has 0 saturated heterocycles. The van der Waals surface area contributed by atoms with E-state index in [1.54, 1.807) is 24.7 Å². The summed E-state index contributed by atoms with van der Waals surface area (Å²) in [6, 6.07) is 5.51. The highest BCUT2D eigenvalue weighted by molar-refractivity contribution is 5.99. The van der Waals surface area contributed by atoms with E-state index in [4.69, 9.17) is 0 Å². The largest absolute Gasteiger partial charge is 0.377 e. The van der Waals surface area contributed by atoms with Crippen LogP contribution in [0.1, 0.15) is 24.7 Å². The molecule has 0 unspecified atom stereocenters. The first kappa shape index (κ1) is 13.6. The van der Waals surface area contributed by atoms with Gasteiger partial charge in [-0.3, -0.25) is 15.1 Å². The van der Waals surface area contributed by atoms with Gasteiger partial charge in [0.25, 0.3) is 5.69 Å². The Hall–Kier alpha value is -3.03. The van der Waals surface area contributed by atoms with Crippen molar-refractivity contribution in [3.8, 4) is 0 Å². The summed E-state index contributed by atoms with van der Waals surface area (Å²) in [5.74, 6) is 0.869. The Morgan fingerprint density at radius 1 is 1.30 bits per heavy atom. The van der Waals surface area contributed by atoms with E-state index in [1.807, 2.05) is 0 Å². The first-order valence-electron chi connectivity index (χ1n) is 7.37. The van der Waals surface area contributed by atoms with Crippen molar-refractivity contribution in [3.05, 3.63) is 52.9 Å². The molecule has 0 spiro atoms. The second kappa shape index (κ2) is 5.31. The molecule has 4 rings (SSSR count). The Kier molecular flexibility index (Phi) is 3.14. The van der Waals surface area contributed by atoms with E-state index in [0.717, 1.165) is 29.7 Å². The number of hydrogen-bond acceptors (Lipinski definition) is 6. The van der Waals surface area contributed by atoms with E-state index in [9.17, 15) is 10.1 Å². The lowest BCUT2D eigenvalue weighted by Crippen LogP contribution is -2.08. The molecule has 0 atom stereocenters. The van der Waals surface area contributed by atoms with Crippen LogP contribution in [0, 0.1) is 10.1 Å². The first-order valence-corrected chi connectivity index (χ1v) is 7.37. The van der Waals surface area contributed by atoms with Crippen LogP contribution < -0.4 is 5.32 Å². The number of non-ortho nitro benzene ring substituents is 1. The maximum atomic E-state index is 11.1. The molecule has 0 radical (unpaired) electrons. The van der Waals surface area contributed by atoms with Crippen LogP contribution in [0.2, 0.25) is 0 Å². The normalized spacial score (nSPS) is 14.1. The van der Waals surface area contributed by atoms with Gasteiger partial charge in [0.2, 0.25) is 0 Å². The third-order valence-corrected chi connectivity index (χ3v) is 4.02. The van der Waals surface area contributed by atoms with Crippen molar-refractivity contribution in [1.29, 1.82) is 0 Å². The van der Waals surface area contributed by atoms with Crippen LogP contribution in [0.3, 0.4) is 0 Å². The van der Waals surface area contributed by atoms with E-state index in [2.05, 4.69) is 25.1 Å². The van der Waals surface area contributed by atoms with Gasteiger partial charge >= 0.3 is 0 Å². The van der Waals surface area contributed by atoms with Gasteiger partial charge in [-0.15, -0.1) is 10.2 Å². The molecule has 1 aromatic carbocycles. The van der Waals surface area contributed by atoms with Gasteiger partial charge < -0.3 is 9.88 Å². The van der Waals surface area contributed by atoms with Crippen LogP contribution in [0.4, 0.5) is 11.4 Å². The third-order valence-electron chi connectivity index (χ3n) is 4.02. The molecule has 1 aliphatic carbocycles. The van der Waals surface area contributed by atoms with Crippen LogP contribution in [0.5, 0.6) is 0 Å². The zero-order chi connectivity index (χ0) is 15.8. The summed E-state index contributed by atoms with van der Waals surface area (Å²) in [6.45, 7) is 0.520. The molecule has 8 heteroatoms. The van der Waals surface area contributed by atoms with Crippen molar-refractivity contribution < 1.29 is 4.92 Å². The van der Waals surface area contributed by atoms with E-state index in [0.29, 0.717) is 18.0 Å². The Bertz CT molecular complexity index is 887. The number of nitro groups is 1. The van der Waals surface area contributed by atoms with Crippen LogP contribution in [0.15, 0.2) is 36.9 Å². The first-order chi connectivity index (χ1) is 11.2. The standard InChI is InChI=1S/C15H14N6O2/c22-21(23)14-4-3-13(11-5-6-16-7-12(11)14)17-8-15-19-18-9-20(15)10-1-2-10/h3-7,9-10,17H,1-2,8H2. The van der Waals surface area contributed by atoms with Crippen molar-refractivity contribution in [2.45, 2.75) is 25.4 Å². The predicted molar refractivity (Wildman–Crippen MR) is 84.0 cm³/mol. The second-order valence-corrected chi connectivity index (χ2v) is 5.55. The van der Waals surface area contributed by atoms with Crippen molar-refractivity contribution >= 4 is 22.1 Å². The highest BCUT2D eigenvalue weighted by atomic mass is 16.6. The lowest BCUT2D eigenvalue weighted by atomic mass is 10.1. The summed E-state index contributed by atoms with van der Waals surface area (Å²) in [5.41, 5.74) is 0.873. The average Bonchev–Trinajstić information content (AvgIpc) is 3.30. The van der Waals surface area contributed by atoms with Crippen LogP contribution in [-0.4, -0.2) is 24.7 Å². The van der Waals surface area contributed by atoms with Crippen molar-refractivity contribution in [3.63, 3.8) is 0 Å². The smallest absolute Gasteiger partial charge is 0.278 e. The van der Waals surface area contributed by atoms with Gasteiger partial charge in [-0.2, -0.15) is 0 Å². The highest BCUT2D eigenvalue weighted by Gasteiger charge is 2.26. The van der Waals surface area contributed by atoms with Gasteiger partial charge in [-0.1, -0.05) is 0 Å². The number of fused-ring (bicyclic) bond motifs is 1. The fourth-order valence-corrected chi connectivity index (χ4v) is 2.71. The van der Waals surface area contributed by atoms with Gasteiger partial charge in [0.05, 0.1) is 16.9 Å². The number of nitrogens with zero attached hydrogens (tertiary/aromatic N) is 5. The molecule has 2 aromatic heterocycles. The lowest BCUT2D eigenvalue weighted by molar-refractivity contribution is -0.383. The molecular weight excluding hydrogens is 296 g/mol. The van der Waals surface area contributed by atoms with Gasteiger partial charge in [-0.25, -0.2) is 0 Å². The number of hydrogen-bond donors (Lipinski definition) is 1. The topological polar surface area (TPSA) is 98.8 Å². The molecule has 116 valence electrons. The minimum absolute atomic E-state index is 0.0554. The molecule has 2 heterocycles. The summed E-state index contributed by atoms with van der Waals surface area (Å²) in [5, 5.41) is 23.8. The van der Waals surface area contributed by atoms with E-state index in [1.165, 1.54) is 12.3 Å². The molecule has 1 N–H and O–H groups in total. The summed E-state index contributed by atoms with van der Waals surface area (Å²) in [7, 11) is 0. The van der Waals surface area contributed by atoms with Crippen LogP contribution >= 0.6 is 0 Å². The average molecular weight is 310 g/mol. The second-order valence-electron chi connectivity index (χ2n) is 5.55. The van der Waals surface area contributed by atoms with Gasteiger partial charge in [0.15, 0.2) is 5.82 Å². The number of nitro benzene ring substituents is 1. The highest BCUT2D eigenvalue weighted by Crippen LogP contribution is 2.35. The van der Waals surface area contributed by atoms with E-state index in [-0.39, 0.29) is 5.69 Å². The SMILES string of the molecule is O=[N+]([O-])c1ccc(NCc2nncn2C2CC2)c2ccncc12. The maximum absolute atomic E-state index is 11.1. The van der Waals surface area contributed by atoms with E-state index >= 15 is 0 Å². The van der Waals surface area contributed by atoms with Gasteiger partial charge in [-0.05, 0) is 25.0 Å². The molecule has 23 heavy (non-hydrogen) atoms. The molecule has 3 aromatic rings. The zero-order valence-electron chi connectivity index (χ0n) is 12.2. The molecule has 8 nitrogen and oxygen atoms in total. The Balaban J connectivity index is 1.65. The maximum Gasteiger partial charge on any atom is 0.278 e. The molecule has 0 aliphatic heterocycles. The monoisotopic (exact) mass is 310 g/mol. The Morgan fingerprint density at radius 2 is 2.17 bits per heavy atom. The quantitative estimate of drug-likeness (QED) is 0.574.